The first-order chi connectivity index (χ1) is 7.65. The summed E-state index contributed by atoms with van der Waals surface area (Å²) >= 11 is 0. The van der Waals surface area contributed by atoms with Gasteiger partial charge in [-0.05, 0) is 24.1 Å². The van der Waals surface area contributed by atoms with Gasteiger partial charge in [0.15, 0.2) is 0 Å². The molecule has 0 saturated heterocycles. The van der Waals surface area contributed by atoms with E-state index >= 15 is 0 Å². The minimum atomic E-state index is -0.951. The zero-order chi connectivity index (χ0) is 11.7. The number of carbonyl (C=O) groups is 1. The van der Waals surface area contributed by atoms with Crippen LogP contribution in [-0.2, 0) is 6.42 Å². The van der Waals surface area contributed by atoms with Crippen molar-refractivity contribution in [2.75, 3.05) is 7.11 Å². The minimum absolute atomic E-state index is 0.199. The molecule has 2 N–H and O–H groups in total. The van der Waals surface area contributed by atoms with E-state index in [1.165, 1.54) is 0 Å². The lowest BCUT2D eigenvalue weighted by atomic mass is 10.1. The number of benzene rings is 1. The summed E-state index contributed by atoms with van der Waals surface area (Å²) in [6, 6.07) is 5.42. The van der Waals surface area contributed by atoms with Crippen LogP contribution in [0.5, 0.6) is 5.75 Å². The van der Waals surface area contributed by atoms with Crippen LogP contribution in [0.25, 0.3) is 10.9 Å². The summed E-state index contributed by atoms with van der Waals surface area (Å²) in [6.07, 6.45) is 0.854. The quantitative estimate of drug-likeness (QED) is 0.833. The lowest BCUT2D eigenvalue weighted by molar-refractivity contribution is 0.0691. The highest BCUT2D eigenvalue weighted by Gasteiger charge is 2.10. The molecular weight excluding hydrogens is 206 g/mol. The predicted octanol–water partition coefficient (Wildman–Crippen LogP) is 2.44. The number of rotatable bonds is 3. The van der Waals surface area contributed by atoms with Gasteiger partial charge in [0, 0.05) is 17.0 Å². The summed E-state index contributed by atoms with van der Waals surface area (Å²) in [4.78, 5) is 13.7. The fourth-order valence-corrected chi connectivity index (χ4v) is 1.79. The third-order valence-corrected chi connectivity index (χ3v) is 2.63. The maximum atomic E-state index is 10.8. The molecule has 0 aliphatic heterocycles. The molecule has 4 heteroatoms. The van der Waals surface area contributed by atoms with E-state index in [0.29, 0.717) is 0 Å². The van der Waals surface area contributed by atoms with E-state index in [2.05, 4.69) is 4.98 Å². The average molecular weight is 219 g/mol. The van der Waals surface area contributed by atoms with Crippen molar-refractivity contribution in [2.24, 2.45) is 0 Å². The highest BCUT2D eigenvalue weighted by Crippen LogP contribution is 2.26. The normalized spacial score (nSPS) is 10.6. The van der Waals surface area contributed by atoms with E-state index in [4.69, 9.17) is 9.84 Å². The molecule has 0 saturated carbocycles. The Hall–Kier alpha value is -1.97. The highest BCUT2D eigenvalue weighted by molar-refractivity contribution is 5.94. The number of nitrogens with one attached hydrogen (secondary N) is 1. The molecule has 2 rings (SSSR count). The molecule has 84 valence electrons. The summed E-state index contributed by atoms with van der Waals surface area (Å²) < 4.78 is 5.25. The number of ether oxygens (including phenoxy) is 1. The van der Waals surface area contributed by atoms with Crippen molar-refractivity contribution >= 4 is 16.9 Å². The number of H-pyrrole nitrogens is 1. The topological polar surface area (TPSA) is 62.3 Å². The summed E-state index contributed by atoms with van der Waals surface area (Å²) in [6.45, 7) is 2.04. The van der Waals surface area contributed by atoms with Crippen LogP contribution >= 0.6 is 0 Å². The molecule has 2 aromatic rings. The molecule has 0 bridgehead atoms. The smallest absolute Gasteiger partial charge is 0.352 e. The Kier molecular flexibility index (Phi) is 2.56. The Balaban J connectivity index is 2.64. The van der Waals surface area contributed by atoms with Crippen molar-refractivity contribution in [3.63, 3.8) is 0 Å². The van der Waals surface area contributed by atoms with Crippen molar-refractivity contribution in [1.29, 1.82) is 0 Å². The number of aromatic amines is 1. The van der Waals surface area contributed by atoms with Gasteiger partial charge in [-0.25, -0.2) is 4.79 Å². The Labute approximate surface area is 92.9 Å². The number of aromatic nitrogens is 1. The zero-order valence-corrected chi connectivity index (χ0v) is 9.20. The van der Waals surface area contributed by atoms with Crippen LogP contribution in [0.2, 0.25) is 0 Å². The van der Waals surface area contributed by atoms with Gasteiger partial charge in [0.1, 0.15) is 11.4 Å². The van der Waals surface area contributed by atoms with Crippen molar-refractivity contribution in [3.05, 3.63) is 29.5 Å². The average Bonchev–Trinajstić information content (AvgIpc) is 2.69. The third kappa shape index (κ3) is 1.62. The molecule has 16 heavy (non-hydrogen) atoms. The van der Waals surface area contributed by atoms with Gasteiger partial charge in [0.25, 0.3) is 0 Å². The number of aromatic carboxylic acids is 1. The van der Waals surface area contributed by atoms with Gasteiger partial charge >= 0.3 is 5.97 Å². The molecule has 0 aliphatic carbocycles. The fourth-order valence-electron chi connectivity index (χ4n) is 1.79. The fraction of sp³-hybridized carbons (Fsp3) is 0.250. The summed E-state index contributed by atoms with van der Waals surface area (Å²) in [5, 5.41) is 9.77. The van der Waals surface area contributed by atoms with Gasteiger partial charge in [-0.15, -0.1) is 0 Å². The number of aryl methyl sites for hydroxylation is 1. The van der Waals surface area contributed by atoms with E-state index in [1.54, 1.807) is 13.2 Å². The maximum Gasteiger partial charge on any atom is 0.352 e. The monoisotopic (exact) mass is 219 g/mol. The van der Waals surface area contributed by atoms with Crippen molar-refractivity contribution in [2.45, 2.75) is 13.3 Å². The Bertz CT molecular complexity index is 501. The molecule has 1 heterocycles. The number of carboxylic acids is 1. The summed E-state index contributed by atoms with van der Waals surface area (Å²) in [5.41, 5.74) is 2.06. The molecule has 0 unspecified atom stereocenters. The zero-order valence-electron chi connectivity index (χ0n) is 9.20. The number of methoxy groups -OCH3 is 1. The van der Waals surface area contributed by atoms with Gasteiger partial charge in [0.05, 0.1) is 7.11 Å². The molecule has 0 spiro atoms. The predicted molar refractivity (Wildman–Crippen MR) is 61.2 cm³/mol. The van der Waals surface area contributed by atoms with Crippen LogP contribution in [0.1, 0.15) is 23.0 Å². The molecule has 0 aliphatic rings. The van der Waals surface area contributed by atoms with Crippen LogP contribution in [0.15, 0.2) is 18.2 Å². The Morgan fingerprint density at radius 3 is 2.75 bits per heavy atom. The molecule has 0 fully saturated rings. The first-order valence-electron chi connectivity index (χ1n) is 5.08. The van der Waals surface area contributed by atoms with Crippen molar-refractivity contribution in [3.8, 4) is 5.75 Å². The summed E-state index contributed by atoms with van der Waals surface area (Å²) in [7, 11) is 1.61. The van der Waals surface area contributed by atoms with Crippen molar-refractivity contribution < 1.29 is 14.6 Å². The van der Waals surface area contributed by atoms with Crippen LogP contribution in [0.4, 0.5) is 0 Å². The van der Waals surface area contributed by atoms with E-state index in [1.807, 2.05) is 19.1 Å². The first kappa shape index (κ1) is 10.5. The Morgan fingerprint density at radius 1 is 1.44 bits per heavy atom. The SMILES string of the molecule is CCc1cc2cc(C(=O)O)[nH]c2cc1OC. The largest absolute Gasteiger partial charge is 0.496 e. The second-order valence-corrected chi connectivity index (χ2v) is 3.59. The number of carboxylic acid groups (broad SMARTS) is 1. The second kappa shape index (κ2) is 3.89. The van der Waals surface area contributed by atoms with Gasteiger partial charge in [0.2, 0.25) is 0 Å². The molecule has 0 atom stereocenters. The standard InChI is InChI=1S/C12H13NO3/c1-3-7-4-8-5-10(12(14)15)13-9(8)6-11(7)16-2/h4-6,13H,3H2,1-2H3,(H,14,15). The van der Waals surface area contributed by atoms with Crippen molar-refractivity contribution in [1.82, 2.24) is 4.98 Å². The first-order valence-corrected chi connectivity index (χ1v) is 5.08. The second-order valence-electron chi connectivity index (χ2n) is 3.59. The van der Waals surface area contributed by atoms with Crippen LogP contribution in [0.3, 0.4) is 0 Å². The van der Waals surface area contributed by atoms with Crippen LogP contribution < -0.4 is 4.74 Å². The molecule has 0 amide bonds. The summed E-state index contributed by atoms with van der Waals surface area (Å²) in [5.74, 6) is -0.165. The van der Waals surface area contributed by atoms with Gasteiger partial charge in [-0.3, -0.25) is 0 Å². The molecular formula is C12H13NO3. The van der Waals surface area contributed by atoms with Crippen LogP contribution in [-0.4, -0.2) is 23.2 Å². The molecule has 1 aromatic carbocycles. The maximum absolute atomic E-state index is 10.8. The minimum Gasteiger partial charge on any atom is -0.496 e. The molecule has 0 radical (unpaired) electrons. The number of hydrogen-bond donors (Lipinski definition) is 2. The lowest BCUT2D eigenvalue weighted by Gasteiger charge is -2.06. The molecule has 1 aromatic heterocycles. The van der Waals surface area contributed by atoms with E-state index in [9.17, 15) is 4.79 Å². The number of hydrogen-bond acceptors (Lipinski definition) is 2. The number of fused-ring (bicyclic) bond motifs is 1. The van der Waals surface area contributed by atoms with Gasteiger partial charge < -0.3 is 14.8 Å². The van der Waals surface area contributed by atoms with E-state index in [0.717, 1.165) is 28.6 Å². The van der Waals surface area contributed by atoms with E-state index < -0.39 is 5.97 Å². The van der Waals surface area contributed by atoms with Gasteiger partial charge in [-0.1, -0.05) is 6.92 Å². The lowest BCUT2D eigenvalue weighted by Crippen LogP contribution is -1.94. The Morgan fingerprint density at radius 2 is 2.19 bits per heavy atom. The third-order valence-electron chi connectivity index (χ3n) is 2.63. The van der Waals surface area contributed by atoms with Gasteiger partial charge in [-0.2, -0.15) is 0 Å². The van der Waals surface area contributed by atoms with E-state index in [-0.39, 0.29) is 5.69 Å². The highest BCUT2D eigenvalue weighted by atomic mass is 16.5. The van der Waals surface area contributed by atoms with Crippen LogP contribution in [0, 0.1) is 0 Å². The molecule has 4 nitrogen and oxygen atoms in total.